The van der Waals surface area contributed by atoms with Crippen LogP contribution in [0.1, 0.15) is 37.3 Å². The van der Waals surface area contributed by atoms with E-state index in [9.17, 15) is 0 Å². The fourth-order valence-electron chi connectivity index (χ4n) is 2.49. The van der Waals surface area contributed by atoms with E-state index >= 15 is 0 Å². The summed E-state index contributed by atoms with van der Waals surface area (Å²) in [5.41, 5.74) is 5.01. The second kappa shape index (κ2) is 8.89. The predicted molar refractivity (Wildman–Crippen MR) is 96.4 cm³/mol. The lowest BCUT2D eigenvalue weighted by Gasteiger charge is -2.16. The van der Waals surface area contributed by atoms with Crippen LogP contribution in [0.5, 0.6) is 0 Å². The summed E-state index contributed by atoms with van der Waals surface area (Å²) in [5.74, 6) is 0. The minimum Gasteiger partial charge on any atom is -0.380 e. The summed E-state index contributed by atoms with van der Waals surface area (Å²) in [7, 11) is 0. The minimum absolute atomic E-state index is 0.828. The van der Waals surface area contributed by atoms with E-state index in [0.717, 1.165) is 13.0 Å². The van der Waals surface area contributed by atoms with Gasteiger partial charge in [0.2, 0.25) is 0 Å². The molecule has 2 rings (SSSR count). The number of nitrogens with one attached hydrogen (secondary N) is 1. The standard InChI is InChI=1S/C21H25N/c1-3-5-14-19(4-2)21(20-15-10-7-11-16-20)22-17-18-12-8-6-9-13-18/h4,6-13,15-16,22H,2-3,5,14,17H2,1H3/b21-19+. The highest BCUT2D eigenvalue weighted by Crippen LogP contribution is 2.21. The second-order valence-corrected chi connectivity index (χ2v) is 5.41. The number of hydrogen-bond donors (Lipinski definition) is 1. The maximum Gasteiger partial charge on any atom is 0.0448 e. The number of unbranched alkanes of at least 4 members (excludes halogenated alkanes) is 1. The molecule has 0 fully saturated rings. The van der Waals surface area contributed by atoms with Crippen molar-refractivity contribution in [3.63, 3.8) is 0 Å². The van der Waals surface area contributed by atoms with Gasteiger partial charge in [-0.25, -0.2) is 0 Å². The van der Waals surface area contributed by atoms with Gasteiger partial charge >= 0.3 is 0 Å². The third-order valence-corrected chi connectivity index (χ3v) is 3.74. The van der Waals surface area contributed by atoms with Crippen LogP contribution < -0.4 is 5.32 Å². The normalized spacial score (nSPS) is 11.7. The van der Waals surface area contributed by atoms with Gasteiger partial charge in [-0.15, -0.1) is 0 Å². The van der Waals surface area contributed by atoms with Crippen LogP contribution in [0.15, 0.2) is 78.9 Å². The van der Waals surface area contributed by atoms with Crippen molar-refractivity contribution in [3.8, 4) is 0 Å². The van der Waals surface area contributed by atoms with E-state index in [1.165, 1.54) is 35.2 Å². The van der Waals surface area contributed by atoms with Crippen molar-refractivity contribution in [1.82, 2.24) is 5.32 Å². The molecule has 0 aliphatic rings. The Morgan fingerprint density at radius 2 is 1.64 bits per heavy atom. The molecule has 2 aromatic carbocycles. The van der Waals surface area contributed by atoms with Crippen LogP contribution in [0.4, 0.5) is 0 Å². The molecule has 0 heterocycles. The molecule has 1 nitrogen and oxygen atoms in total. The zero-order chi connectivity index (χ0) is 15.6. The van der Waals surface area contributed by atoms with Crippen LogP contribution in [0.25, 0.3) is 5.70 Å². The molecule has 2 aromatic rings. The molecular formula is C21H25N. The molecule has 0 radical (unpaired) electrons. The van der Waals surface area contributed by atoms with Crippen molar-refractivity contribution in [2.24, 2.45) is 0 Å². The van der Waals surface area contributed by atoms with Crippen molar-refractivity contribution in [2.75, 3.05) is 0 Å². The molecule has 0 bridgehead atoms. The highest BCUT2D eigenvalue weighted by atomic mass is 14.9. The van der Waals surface area contributed by atoms with Gasteiger partial charge in [0.05, 0.1) is 0 Å². The summed E-state index contributed by atoms with van der Waals surface area (Å²) in [4.78, 5) is 0. The Morgan fingerprint density at radius 3 is 2.23 bits per heavy atom. The summed E-state index contributed by atoms with van der Waals surface area (Å²) < 4.78 is 0. The smallest absolute Gasteiger partial charge is 0.0448 e. The third-order valence-electron chi connectivity index (χ3n) is 3.74. The molecule has 0 amide bonds. The van der Waals surface area contributed by atoms with Crippen LogP contribution in [0, 0.1) is 0 Å². The number of rotatable bonds is 8. The highest BCUT2D eigenvalue weighted by molar-refractivity contribution is 5.69. The van der Waals surface area contributed by atoms with Crippen LogP contribution in [0.3, 0.4) is 0 Å². The molecule has 0 aromatic heterocycles. The molecule has 0 saturated carbocycles. The van der Waals surface area contributed by atoms with E-state index in [0.29, 0.717) is 0 Å². The van der Waals surface area contributed by atoms with Gasteiger partial charge in [-0.2, -0.15) is 0 Å². The lowest BCUT2D eigenvalue weighted by Crippen LogP contribution is -2.14. The minimum atomic E-state index is 0.828. The van der Waals surface area contributed by atoms with Crippen LogP contribution >= 0.6 is 0 Å². The van der Waals surface area contributed by atoms with Crippen molar-refractivity contribution >= 4 is 5.70 Å². The van der Waals surface area contributed by atoms with Gasteiger partial charge in [0.25, 0.3) is 0 Å². The lowest BCUT2D eigenvalue weighted by atomic mass is 10.0. The second-order valence-electron chi connectivity index (χ2n) is 5.41. The summed E-state index contributed by atoms with van der Waals surface area (Å²) in [6, 6.07) is 21.0. The average molecular weight is 291 g/mol. The van der Waals surface area contributed by atoms with Gasteiger partial charge in [-0.1, -0.05) is 86.7 Å². The summed E-state index contributed by atoms with van der Waals surface area (Å²) in [6.45, 7) is 7.07. The Kier molecular flexibility index (Phi) is 6.50. The first-order valence-corrected chi connectivity index (χ1v) is 8.04. The molecule has 0 aliphatic carbocycles. The quantitative estimate of drug-likeness (QED) is 0.627. The Morgan fingerprint density at radius 1 is 1.00 bits per heavy atom. The Labute approximate surface area is 134 Å². The maximum atomic E-state index is 4.02. The van der Waals surface area contributed by atoms with Crippen LogP contribution in [0.2, 0.25) is 0 Å². The summed E-state index contributed by atoms with van der Waals surface area (Å²) >= 11 is 0. The van der Waals surface area contributed by atoms with Crippen LogP contribution in [-0.2, 0) is 6.54 Å². The molecule has 1 heteroatoms. The van der Waals surface area contributed by atoms with Gasteiger partial charge in [0.1, 0.15) is 0 Å². The Balaban J connectivity index is 2.25. The fourth-order valence-corrected chi connectivity index (χ4v) is 2.49. The van der Waals surface area contributed by atoms with Gasteiger partial charge in [-0.3, -0.25) is 0 Å². The van der Waals surface area contributed by atoms with E-state index in [1.807, 2.05) is 12.1 Å². The lowest BCUT2D eigenvalue weighted by molar-refractivity contribution is 0.789. The zero-order valence-electron chi connectivity index (χ0n) is 13.4. The van der Waals surface area contributed by atoms with E-state index < -0.39 is 0 Å². The first kappa shape index (κ1) is 16.1. The maximum absolute atomic E-state index is 4.02. The monoisotopic (exact) mass is 291 g/mol. The molecule has 114 valence electrons. The SMILES string of the molecule is C=C/C(CCCC)=C(\NCc1ccccc1)c1ccccc1. The van der Waals surface area contributed by atoms with Crippen molar-refractivity contribution in [3.05, 3.63) is 90.0 Å². The van der Waals surface area contributed by atoms with E-state index in [1.54, 1.807) is 0 Å². The number of hydrogen-bond acceptors (Lipinski definition) is 1. The summed E-state index contributed by atoms with van der Waals surface area (Å²) in [6.07, 6.45) is 5.44. The molecule has 0 saturated heterocycles. The third kappa shape index (κ3) is 4.63. The van der Waals surface area contributed by atoms with E-state index in [2.05, 4.69) is 73.4 Å². The van der Waals surface area contributed by atoms with Gasteiger partial charge in [-0.05, 0) is 29.5 Å². The number of allylic oxidation sites excluding steroid dienone is 2. The predicted octanol–water partition coefficient (Wildman–Crippen LogP) is 5.56. The Bertz CT molecular complexity index is 596. The molecule has 22 heavy (non-hydrogen) atoms. The first-order chi connectivity index (χ1) is 10.8. The van der Waals surface area contributed by atoms with Crippen molar-refractivity contribution in [2.45, 2.75) is 32.7 Å². The molecule has 1 N–H and O–H groups in total. The molecule has 0 aliphatic heterocycles. The molecular weight excluding hydrogens is 266 g/mol. The van der Waals surface area contributed by atoms with Gasteiger partial charge in [0.15, 0.2) is 0 Å². The van der Waals surface area contributed by atoms with Gasteiger partial charge < -0.3 is 5.32 Å². The Hall–Kier alpha value is -2.28. The van der Waals surface area contributed by atoms with Gasteiger partial charge in [0, 0.05) is 12.2 Å². The van der Waals surface area contributed by atoms with Crippen molar-refractivity contribution < 1.29 is 0 Å². The topological polar surface area (TPSA) is 12.0 Å². The summed E-state index contributed by atoms with van der Waals surface area (Å²) in [5, 5.41) is 3.62. The highest BCUT2D eigenvalue weighted by Gasteiger charge is 2.07. The van der Waals surface area contributed by atoms with E-state index in [-0.39, 0.29) is 0 Å². The largest absolute Gasteiger partial charge is 0.380 e. The first-order valence-electron chi connectivity index (χ1n) is 8.04. The van der Waals surface area contributed by atoms with Crippen molar-refractivity contribution in [1.29, 1.82) is 0 Å². The average Bonchev–Trinajstić information content (AvgIpc) is 2.59. The molecule has 0 atom stereocenters. The fraction of sp³-hybridized carbons (Fsp3) is 0.238. The molecule has 0 unspecified atom stereocenters. The zero-order valence-corrected chi connectivity index (χ0v) is 13.4. The number of benzene rings is 2. The van der Waals surface area contributed by atoms with Crippen LogP contribution in [-0.4, -0.2) is 0 Å². The molecule has 0 spiro atoms. The van der Waals surface area contributed by atoms with E-state index in [4.69, 9.17) is 0 Å².